The zero-order chi connectivity index (χ0) is 16.9. The van der Waals surface area contributed by atoms with Crippen molar-refractivity contribution in [2.24, 2.45) is 0 Å². The van der Waals surface area contributed by atoms with Crippen molar-refractivity contribution < 1.29 is 14.6 Å². The van der Waals surface area contributed by atoms with E-state index in [-0.39, 0.29) is 16.4 Å². The lowest BCUT2D eigenvalue weighted by Crippen LogP contribution is -2.30. The molecule has 0 amide bonds. The van der Waals surface area contributed by atoms with Crippen LogP contribution in [0.1, 0.15) is 16.8 Å². The molecule has 0 saturated heterocycles. The van der Waals surface area contributed by atoms with Crippen molar-refractivity contribution in [2.75, 3.05) is 11.9 Å². The van der Waals surface area contributed by atoms with Gasteiger partial charge in [-0.1, -0.05) is 23.8 Å². The maximum atomic E-state index is 14.5. The molecule has 0 saturated carbocycles. The largest absolute Gasteiger partial charge is 0.381 e. The average Bonchev–Trinajstić information content (AvgIpc) is 2.97. The average molecular weight is 347 g/mol. The molecule has 0 radical (unpaired) electrons. The molecule has 0 bridgehead atoms. The molecule has 3 heterocycles. The summed E-state index contributed by atoms with van der Waals surface area (Å²) in [6.45, 7) is 0.588. The highest BCUT2D eigenvalue weighted by atomic mass is 35.5. The van der Waals surface area contributed by atoms with Gasteiger partial charge >= 0.3 is 0 Å². The Morgan fingerprint density at radius 3 is 2.96 bits per heavy atom. The van der Waals surface area contributed by atoms with E-state index in [1.165, 1.54) is 28.9 Å². The molecule has 0 unspecified atom stereocenters. The van der Waals surface area contributed by atoms with Gasteiger partial charge in [-0.2, -0.15) is 5.10 Å². The fourth-order valence-electron chi connectivity index (χ4n) is 2.73. The standard InChI is InChI=1S/C16H12ClFN4O2/c17-14-3-4-15-20-8-13(22(15)21-14)16(23,24)10-6-9-2-1-5-19-12(9)7-11(10)18/h1-4,6-8,19,23-24H,5H2. The van der Waals surface area contributed by atoms with Gasteiger partial charge in [0.1, 0.15) is 16.7 Å². The van der Waals surface area contributed by atoms with Gasteiger partial charge in [0.2, 0.25) is 5.79 Å². The first-order valence-corrected chi connectivity index (χ1v) is 7.54. The maximum Gasteiger partial charge on any atom is 0.239 e. The third-order valence-electron chi connectivity index (χ3n) is 3.91. The molecule has 1 aliphatic rings. The second kappa shape index (κ2) is 5.27. The molecule has 0 atom stereocenters. The van der Waals surface area contributed by atoms with Crippen LogP contribution in [0.15, 0.2) is 36.5 Å². The predicted molar refractivity (Wildman–Crippen MR) is 87.1 cm³/mol. The topological polar surface area (TPSA) is 82.7 Å². The van der Waals surface area contributed by atoms with Gasteiger partial charge in [0.25, 0.3) is 0 Å². The van der Waals surface area contributed by atoms with Gasteiger partial charge in [-0.3, -0.25) is 0 Å². The number of halogens is 2. The number of anilines is 1. The van der Waals surface area contributed by atoms with Gasteiger partial charge in [-0.25, -0.2) is 13.9 Å². The number of hydrogen-bond acceptors (Lipinski definition) is 5. The molecule has 0 spiro atoms. The summed E-state index contributed by atoms with van der Waals surface area (Å²) in [5.74, 6) is -3.37. The van der Waals surface area contributed by atoms with E-state index in [9.17, 15) is 14.6 Å². The third kappa shape index (κ3) is 2.25. The molecular weight excluding hydrogens is 335 g/mol. The van der Waals surface area contributed by atoms with Crippen LogP contribution in [0.25, 0.3) is 11.7 Å². The van der Waals surface area contributed by atoms with Gasteiger partial charge in [0, 0.05) is 12.2 Å². The summed E-state index contributed by atoms with van der Waals surface area (Å²) in [5, 5.41) is 28.4. The summed E-state index contributed by atoms with van der Waals surface area (Å²) >= 11 is 5.86. The van der Waals surface area contributed by atoms with Gasteiger partial charge in [0.15, 0.2) is 5.65 Å². The van der Waals surface area contributed by atoms with Crippen molar-refractivity contribution in [2.45, 2.75) is 5.79 Å². The van der Waals surface area contributed by atoms with Crippen LogP contribution in [-0.2, 0) is 5.79 Å². The van der Waals surface area contributed by atoms with Crippen molar-refractivity contribution in [1.82, 2.24) is 14.6 Å². The van der Waals surface area contributed by atoms with Crippen molar-refractivity contribution >= 4 is 29.0 Å². The highest BCUT2D eigenvalue weighted by Crippen LogP contribution is 2.33. The van der Waals surface area contributed by atoms with E-state index in [1.807, 2.05) is 6.08 Å². The number of imidazole rings is 1. The quantitative estimate of drug-likeness (QED) is 0.619. The van der Waals surface area contributed by atoms with Gasteiger partial charge in [0.05, 0.1) is 11.8 Å². The van der Waals surface area contributed by atoms with E-state index < -0.39 is 11.6 Å². The Bertz CT molecular complexity index is 984. The molecule has 6 nitrogen and oxygen atoms in total. The first-order chi connectivity index (χ1) is 11.5. The van der Waals surface area contributed by atoms with Crippen LogP contribution < -0.4 is 5.32 Å². The Hall–Kier alpha value is -2.48. The van der Waals surface area contributed by atoms with Crippen molar-refractivity contribution in [1.29, 1.82) is 0 Å². The summed E-state index contributed by atoms with van der Waals surface area (Å²) in [6, 6.07) is 5.72. The van der Waals surface area contributed by atoms with E-state index in [0.29, 0.717) is 23.4 Å². The van der Waals surface area contributed by atoms with Crippen LogP contribution in [0.3, 0.4) is 0 Å². The summed E-state index contributed by atoms with van der Waals surface area (Å²) in [5.41, 5.74) is 1.21. The second-order valence-corrected chi connectivity index (χ2v) is 5.83. The fourth-order valence-corrected chi connectivity index (χ4v) is 2.87. The number of nitrogens with zero attached hydrogens (tertiary/aromatic N) is 3. The summed E-state index contributed by atoms with van der Waals surface area (Å²) < 4.78 is 15.7. The molecule has 24 heavy (non-hydrogen) atoms. The third-order valence-corrected chi connectivity index (χ3v) is 4.11. The smallest absolute Gasteiger partial charge is 0.239 e. The zero-order valence-electron chi connectivity index (χ0n) is 12.2. The number of hydrogen-bond donors (Lipinski definition) is 3. The van der Waals surface area contributed by atoms with Gasteiger partial charge < -0.3 is 15.5 Å². The van der Waals surface area contributed by atoms with Crippen LogP contribution in [0.2, 0.25) is 5.15 Å². The lowest BCUT2D eigenvalue weighted by Gasteiger charge is -2.24. The number of benzene rings is 1. The summed E-state index contributed by atoms with van der Waals surface area (Å²) in [6.07, 6.45) is 4.87. The van der Waals surface area contributed by atoms with Crippen LogP contribution >= 0.6 is 11.6 Å². The van der Waals surface area contributed by atoms with Gasteiger partial charge in [-0.05, 0) is 29.8 Å². The van der Waals surface area contributed by atoms with Crippen LogP contribution in [-0.4, -0.2) is 31.4 Å². The number of fused-ring (bicyclic) bond motifs is 2. The molecule has 3 aromatic rings. The first kappa shape index (κ1) is 15.1. The van der Waals surface area contributed by atoms with E-state index in [0.717, 1.165) is 0 Å². The van der Waals surface area contributed by atoms with E-state index >= 15 is 0 Å². The molecule has 4 rings (SSSR count). The normalized spacial score (nSPS) is 13.8. The monoisotopic (exact) mass is 346 g/mol. The summed E-state index contributed by atoms with van der Waals surface area (Å²) in [7, 11) is 0. The van der Waals surface area contributed by atoms with Crippen LogP contribution in [0.5, 0.6) is 0 Å². The Morgan fingerprint density at radius 1 is 1.29 bits per heavy atom. The maximum absolute atomic E-state index is 14.5. The molecule has 2 aromatic heterocycles. The Labute approximate surface area is 140 Å². The highest BCUT2D eigenvalue weighted by Gasteiger charge is 2.36. The SMILES string of the molecule is OC(O)(c1cc2c(cc1F)NCC=C2)c1cnc2ccc(Cl)nn12. The van der Waals surface area contributed by atoms with Gasteiger partial charge in [-0.15, -0.1) is 0 Å². The molecule has 0 fully saturated rings. The molecule has 122 valence electrons. The Morgan fingerprint density at radius 2 is 2.12 bits per heavy atom. The Kier molecular flexibility index (Phi) is 3.31. The highest BCUT2D eigenvalue weighted by molar-refractivity contribution is 6.29. The molecule has 8 heteroatoms. The minimum Gasteiger partial charge on any atom is -0.381 e. The second-order valence-electron chi connectivity index (χ2n) is 5.44. The lowest BCUT2D eigenvalue weighted by atomic mass is 9.97. The molecular formula is C16H12ClFN4O2. The molecule has 0 aliphatic carbocycles. The van der Waals surface area contributed by atoms with E-state index in [1.54, 1.807) is 12.1 Å². The predicted octanol–water partition coefficient (Wildman–Crippen LogP) is 2.15. The number of rotatable bonds is 2. The minimum absolute atomic E-state index is 0.105. The minimum atomic E-state index is -2.62. The van der Waals surface area contributed by atoms with E-state index in [4.69, 9.17) is 11.6 Å². The van der Waals surface area contributed by atoms with Crippen molar-refractivity contribution in [3.05, 3.63) is 64.3 Å². The van der Waals surface area contributed by atoms with Crippen molar-refractivity contribution in [3.8, 4) is 0 Å². The molecule has 1 aliphatic heterocycles. The number of aliphatic hydroxyl groups is 2. The molecule has 3 N–H and O–H groups in total. The van der Waals surface area contributed by atoms with Crippen molar-refractivity contribution in [3.63, 3.8) is 0 Å². The number of aromatic nitrogens is 3. The number of nitrogens with one attached hydrogen (secondary N) is 1. The lowest BCUT2D eigenvalue weighted by molar-refractivity contribution is -0.138. The Balaban J connectivity index is 1.91. The van der Waals surface area contributed by atoms with Crippen LogP contribution in [0.4, 0.5) is 10.1 Å². The summed E-state index contributed by atoms with van der Waals surface area (Å²) in [4.78, 5) is 4.04. The molecule has 1 aromatic carbocycles. The zero-order valence-corrected chi connectivity index (χ0v) is 13.0. The van der Waals surface area contributed by atoms with E-state index in [2.05, 4.69) is 15.4 Å². The van der Waals surface area contributed by atoms with Crippen LogP contribution in [0, 0.1) is 5.82 Å². The fraction of sp³-hybridized carbons (Fsp3) is 0.125. The first-order valence-electron chi connectivity index (χ1n) is 7.17.